The zero-order valence-corrected chi connectivity index (χ0v) is 14.6. The number of benzene rings is 2. The Morgan fingerprint density at radius 1 is 1.29 bits per heavy atom. The maximum absolute atomic E-state index is 13.0. The van der Waals surface area contributed by atoms with E-state index in [1.54, 1.807) is 18.3 Å². The van der Waals surface area contributed by atoms with Crippen LogP contribution in [0.1, 0.15) is 11.9 Å². The predicted octanol–water partition coefficient (Wildman–Crippen LogP) is 4.84. The number of fused-ring (bicyclic) bond motifs is 1. The molecule has 0 aliphatic carbocycles. The smallest absolute Gasteiger partial charge is 0.246 e. The first-order valence-corrected chi connectivity index (χ1v) is 8.51. The van der Waals surface area contributed by atoms with E-state index >= 15 is 0 Å². The summed E-state index contributed by atoms with van der Waals surface area (Å²) in [5.74, 6) is -0.707. The van der Waals surface area contributed by atoms with Crippen molar-refractivity contribution in [2.75, 3.05) is 10.6 Å². The number of hydrogen-bond acceptors (Lipinski definition) is 4. The number of halogens is 2. The van der Waals surface area contributed by atoms with Gasteiger partial charge in [-0.25, -0.2) is 9.37 Å². The van der Waals surface area contributed by atoms with Gasteiger partial charge in [0.15, 0.2) is 0 Å². The fraction of sp³-hybridized carbons (Fsp3) is 0.176. The maximum Gasteiger partial charge on any atom is 0.246 e. The van der Waals surface area contributed by atoms with Gasteiger partial charge in [-0.3, -0.25) is 4.79 Å². The summed E-state index contributed by atoms with van der Waals surface area (Å²) in [4.78, 5) is 16.7. The monoisotopic (exact) mass is 363 g/mol. The van der Waals surface area contributed by atoms with Gasteiger partial charge in [-0.15, -0.1) is 11.3 Å². The minimum Gasteiger partial charge on any atom is -0.374 e. The van der Waals surface area contributed by atoms with E-state index < -0.39 is 11.9 Å². The fourth-order valence-corrected chi connectivity index (χ4v) is 3.36. The van der Waals surface area contributed by atoms with E-state index in [0.717, 1.165) is 27.0 Å². The molecular weight excluding hydrogens is 349 g/mol. The van der Waals surface area contributed by atoms with Crippen LogP contribution >= 0.6 is 22.9 Å². The van der Waals surface area contributed by atoms with Crippen molar-refractivity contribution in [2.45, 2.75) is 19.9 Å². The number of anilines is 2. The number of nitrogens with one attached hydrogen (secondary N) is 2. The van der Waals surface area contributed by atoms with Crippen LogP contribution in [0.25, 0.3) is 10.2 Å². The maximum atomic E-state index is 13.0. The Morgan fingerprint density at radius 2 is 2.08 bits per heavy atom. The van der Waals surface area contributed by atoms with Gasteiger partial charge in [0, 0.05) is 5.69 Å². The highest BCUT2D eigenvalue weighted by molar-refractivity contribution is 7.18. The van der Waals surface area contributed by atoms with Crippen molar-refractivity contribution in [2.24, 2.45) is 0 Å². The van der Waals surface area contributed by atoms with Gasteiger partial charge in [0.2, 0.25) is 5.91 Å². The molecule has 0 saturated heterocycles. The summed E-state index contributed by atoms with van der Waals surface area (Å²) in [6, 6.07) is 9.13. The van der Waals surface area contributed by atoms with Crippen LogP contribution in [0.15, 0.2) is 36.4 Å². The minimum atomic E-state index is -0.488. The van der Waals surface area contributed by atoms with Crippen molar-refractivity contribution in [3.63, 3.8) is 0 Å². The van der Waals surface area contributed by atoms with Gasteiger partial charge in [-0.1, -0.05) is 11.6 Å². The van der Waals surface area contributed by atoms with Crippen LogP contribution in [0, 0.1) is 12.7 Å². The Bertz CT molecular complexity index is 912. The molecule has 1 heterocycles. The van der Waals surface area contributed by atoms with Crippen LogP contribution in [0.3, 0.4) is 0 Å². The lowest BCUT2D eigenvalue weighted by Crippen LogP contribution is -2.31. The number of hydrogen-bond donors (Lipinski definition) is 2. The molecule has 0 radical (unpaired) electrons. The Labute approximate surface area is 147 Å². The third-order valence-corrected chi connectivity index (χ3v) is 4.71. The largest absolute Gasteiger partial charge is 0.374 e. The number of carbonyl (C=O) groups excluding carboxylic acids is 1. The van der Waals surface area contributed by atoms with Crippen LogP contribution in [-0.2, 0) is 4.79 Å². The Balaban J connectivity index is 1.70. The zero-order chi connectivity index (χ0) is 17.3. The summed E-state index contributed by atoms with van der Waals surface area (Å²) < 4.78 is 14.1. The molecule has 2 N–H and O–H groups in total. The van der Waals surface area contributed by atoms with Gasteiger partial charge in [-0.05, 0) is 50.2 Å². The van der Waals surface area contributed by atoms with Crippen LogP contribution < -0.4 is 10.6 Å². The Hall–Kier alpha value is -2.18. The van der Waals surface area contributed by atoms with E-state index in [0.29, 0.717) is 5.69 Å². The lowest BCUT2D eigenvalue weighted by atomic mass is 10.2. The highest BCUT2D eigenvalue weighted by atomic mass is 35.5. The molecule has 0 aliphatic heterocycles. The molecule has 0 fully saturated rings. The van der Waals surface area contributed by atoms with Crippen molar-refractivity contribution in [3.05, 3.63) is 52.2 Å². The molecule has 4 nitrogen and oxygen atoms in total. The summed E-state index contributed by atoms with van der Waals surface area (Å²) in [6.45, 7) is 3.70. The van der Waals surface area contributed by atoms with E-state index in [-0.39, 0.29) is 10.9 Å². The molecule has 0 saturated carbocycles. The van der Waals surface area contributed by atoms with Crippen LogP contribution in [0.5, 0.6) is 0 Å². The molecule has 0 spiro atoms. The van der Waals surface area contributed by atoms with E-state index in [1.165, 1.54) is 12.1 Å². The molecule has 0 unspecified atom stereocenters. The molecule has 24 heavy (non-hydrogen) atoms. The number of aromatic nitrogens is 1. The highest BCUT2D eigenvalue weighted by Gasteiger charge is 2.15. The fourth-order valence-electron chi connectivity index (χ4n) is 2.28. The lowest BCUT2D eigenvalue weighted by Gasteiger charge is -2.16. The van der Waals surface area contributed by atoms with E-state index in [4.69, 9.17) is 11.6 Å². The average molecular weight is 364 g/mol. The quantitative estimate of drug-likeness (QED) is 0.697. The van der Waals surface area contributed by atoms with Gasteiger partial charge in [0.05, 0.1) is 25.9 Å². The van der Waals surface area contributed by atoms with Crippen molar-refractivity contribution in [1.29, 1.82) is 0 Å². The van der Waals surface area contributed by atoms with Crippen LogP contribution in [0.2, 0.25) is 5.02 Å². The van der Waals surface area contributed by atoms with Crippen molar-refractivity contribution in [3.8, 4) is 0 Å². The SMILES string of the molecule is Cc1nc2ccc(N[C@@H](C)C(=O)Nc3ccc(F)cc3Cl)cc2s1. The lowest BCUT2D eigenvalue weighted by molar-refractivity contribution is -0.116. The molecule has 1 aromatic heterocycles. The molecule has 0 aliphatic rings. The van der Waals surface area contributed by atoms with Crippen molar-refractivity contribution in [1.82, 2.24) is 4.98 Å². The number of amides is 1. The summed E-state index contributed by atoms with van der Waals surface area (Å²) in [5.41, 5.74) is 2.16. The summed E-state index contributed by atoms with van der Waals surface area (Å²) >= 11 is 7.53. The van der Waals surface area contributed by atoms with Crippen molar-refractivity contribution >= 4 is 50.4 Å². The topological polar surface area (TPSA) is 54.0 Å². The second kappa shape index (κ2) is 6.75. The Kier molecular flexibility index (Phi) is 4.69. The number of aryl methyl sites for hydroxylation is 1. The summed E-state index contributed by atoms with van der Waals surface area (Å²) in [6.07, 6.45) is 0. The standard InChI is InChI=1S/C17H15ClFN3OS/c1-9(17(23)22-14-5-3-11(19)7-13(14)18)20-12-4-6-15-16(8-12)24-10(2)21-15/h3-9,20H,1-2H3,(H,22,23)/t9-/m0/s1. The number of rotatable bonds is 4. The first-order chi connectivity index (χ1) is 11.4. The molecule has 1 amide bonds. The molecular formula is C17H15ClFN3OS. The molecule has 1 atom stereocenters. The second-order valence-corrected chi connectivity index (χ2v) is 7.04. The molecule has 124 valence electrons. The van der Waals surface area contributed by atoms with Crippen LogP contribution in [-0.4, -0.2) is 16.9 Å². The molecule has 3 rings (SSSR count). The van der Waals surface area contributed by atoms with E-state index in [9.17, 15) is 9.18 Å². The number of thiazole rings is 1. The zero-order valence-electron chi connectivity index (χ0n) is 13.1. The highest BCUT2D eigenvalue weighted by Crippen LogP contribution is 2.26. The predicted molar refractivity (Wildman–Crippen MR) is 97.5 cm³/mol. The number of carbonyl (C=O) groups is 1. The molecule has 0 bridgehead atoms. The first kappa shape index (κ1) is 16.7. The third kappa shape index (κ3) is 3.66. The summed E-state index contributed by atoms with van der Waals surface area (Å²) in [5, 5.41) is 7.00. The summed E-state index contributed by atoms with van der Waals surface area (Å²) in [7, 11) is 0. The van der Waals surface area contributed by atoms with E-state index in [2.05, 4.69) is 15.6 Å². The first-order valence-electron chi connectivity index (χ1n) is 7.32. The normalized spacial score (nSPS) is 12.2. The third-order valence-electron chi connectivity index (χ3n) is 3.46. The minimum absolute atomic E-state index is 0.164. The van der Waals surface area contributed by atoms with E-state index in [1.807, 2.05) is 25.1 Å². The molecule has 7 heteroatoms. The van der Waals surface area contributed by atoms with Gasteiger partial charge < -0.3 is 10.6 Å². The molecule has 2 aromatic carbocycles. The average Bonchev–Trinajstić information content (AvgIpc) is 2.89. The molecule has 3 aromatic rings. The van der Waals surface area contributed by atoms with Crippen LogP contribution in [0.4, 0.5) is 15.8 Å². The van der Waals surface area contributed by atoms with Gasteiger partial charge in [0.25, 0.3) is 0 Å². The van der Waals surface area contributed by atoms with Gasteiger partial charge >= 0.3 is 0 Å². The number of nitrogens with zero attached hydrogens (tertiary/aromatic N) is 1. The second-order valence-electron chi connectivity index (χ2n) is 5.39. The van der Waals surface area contributed by atoms with Gasteiger partial charge in [-0.2, -0.15) is 0 Å². The van der Waals surface area contributed by atoms with Crippen molar-refractivity contribution < 1.29 is 9.18 Å². The van der Waals surface area contributed by atoms with Gasteiger partial charge in [0.1, 0.15) is 11.9 Å². The Morgan fingerprint density at radius 3 is 2.83 bits per heavy atom.